The molecule has 2 aliphatic rings. The molecule has 1 aromatic carbocycles. The van der Waals surface area contributed by atoms with Crippen LogP contribution in [-0.2, 0) is 19.4 Å². The lowest BCUT2D eigenvalue weighted by Gasteiger charge is -2.24. The van der Waals surface area contributed by atoms with Gasteiger partial charge in [0.2, 0.25) is 11.8 Å². The Morgan fingerprint density at radius 2 is 1.96 bits per heavy atom. The number of benzene rings is 1. The van der Waals surface area contributed by atoms with E-state index in [9.17, 15) is 18.0 Å². The van der Waals surface area contributed by atoms with E-state index in [-0.39, 0.29) is 42.3 Å². The molecule has 0 aliphatic carbocycles. The normalized spacial score (nSPS) is 20.4. The van der Waals surface area contributed by atoms with Gasteiger partial charge in [-0.2, -0.15) is 0 Å². The van der Waals surface area contributed by atoms with Crippen molar-refractivity contribution >= 4 is 27.3 Å². The van der Waals surface area contributed by atoms with E-state index in [2.05, 4.69) is 5.32 Å². The van der Waals surface area contributed by atoms with Gasteiger partial charge in [-0.3, -0.25) is 9.59 Å². The Morgan fingerprint density at radius 3 is 2.62 bits per heavy atom. The summed E-state index contributed by atoms with van der Waals surface area (Å²) in [5.74, 6) is 0.824. The second-order valence-corrected chi connectivity index (χ2v) is 8.64. The summed E-state index contributed by atoms with van der Waals surface area (Å²) in [6.45, 7) is 2.56. The summed E-state index contributed by atoms with van der Waals surface area (Å²) < 4.78 is 33.9. The molecule has 2 aliphatic heterocycles. The lowest BCUT2D eigenvalue weighted by atomic mass is 10.2. The maximum absolute atomic E-state index is 12.1. The Bertz CT molecular complexity index is 807. The number of rotatable bonds is 5. The van der Waals surface area contributed by atoms with Crippen molar-refractivity contribution in [3.8, 4) is 11.5 Å². The highest BCUT2D eigenvalue weighted by Crippen LogP contribution is 2.34. The first-order chi connectivity index (χ1) is 12.3. The van der Waals surface area contributed by atoms with Crippen molar-refractivity contribution < 1.29 is 27.5 Å². The molecule has 0 bridgehead atoms. The van der Waals surface area contributed by atoms with E-state index in [0.717, 1.165) is 0 Å². The second kappa shape index (κ2) is 7.53. The number of carbonyl (C=O) groups is 2. The zero-order valence-corrected chi connectivity index (χ0v) is 15.4. The summed E-state index contributed by atoms with van der Waals surface area (Å²) in [5.41, 5.74) is 0.623. The quantitative estimate of drug-likeness (QED) is 0.796. The van der Waals surface area contributed by atoms with Crippen molar-refractivity contribution in [2.24, 2.45) is 0 Å². The summed E-state index contributed by atoms with van der Waals surface area (Å²) in [4.78, 5) is 25.6. The van der Waals surface area contributed by atoms with Gasteiger partial charge >= 0.3 is 0 Å². The van der Waals surface area contributed by atoms with Crippen molar-refractivity contribution in [2.75, 3.05) is 36.2 Å². The zero-order chi connectivity index (χ0) is 18.7. The largest absolute Gasteiger partial charge is 0.486 e. The first-order valence-corrected chi connectivity index (χ1v) is 10.3. The summed E-state index contributed by atoms with van der Waals surface area (Å²) in [5, 5.41) is 2.73. The van der Waals surface area contributed by atoms with E-state index in [4.69, 9.17) is 9.47 Å². The zero-order valence-electron chi connectivity index (χ0n) is 14.6. The fourth-order valence-corrected chi connectivity index (χ4v) is 4.76. The molecule has 142 valence electrons. The van der Waals surface area contributed by atoms with Gasteiger partial charge in [0, 0.05) is 37.7 Å². The molecule has 9 heteroatoms. The number of hydrogen-bond donors (Lipinski definition) is 1. The maximum Gasteiger partial charge on any atom is 0.223 e. The number of nitrogens with one attached hydrogen (secondary N) is 1. The number of ether oxygens (including phenoxy) is 2. The number of nitrogens with zero attached hydrogens (tertiary/aromatic N) is 1. The molecule has 0 saturated carbocycles. The van der Waals surface area contributed by atoms with Gasteiger partial charge in [-0.15, -0.1) is 0 Å². The van der Waals surface area contributed by atoms with Crippen LogP contribution in [0.25, 0.3) is 0 Å². The van der Waals surface area contributed by atoms with Crippen LogP contribution in [-0.4, -0.2) is 57.5 Å². The highest BCUT2D eigenvalue weighted by Gasteiger charge is 2.29. The maximum atomic E-state index is 12.1. The van der Waals surface area contributed by atoms with Crippen molar-refractivity contribution in [1.29, 1.82) is 0 Å². The van der Waals surface area contributed by atoms with Gasteiger partial charge < -0.3 is 19.7 Å². The van der Waals surface area contributed by atoms with Crippen LogP contribution in [0.2, 0.25) is 0 Å². The lowest BCUT2D eigenvalue weighted by Crippen LogP contribution is -2.38. The number of hydrogen-bond acceptors (Lipinski definition) is 6. The van der Waals surface area contributed by atoms with Gasteiger partial charge in [-0.25, -0.2) is 8.42 Å². The Labute approximate surface area is 152 Å². The fraction of sp³-hybridized carbons (Fsp3) is 0.529. The molecule has 0 radical (unpaired) electrons. The van der Waals surface area contributed by atoms with Crippen LogP contribution in [0.1, 0.15) is 19.8 Å². The van der Waals surface area contributed by atoms with Crippen LogP contribution in [0.15, 0.2) is 18.2 Å². The van der Waals surface area contributed by atoms with Gasteiger partial charge in [0.15, 0.2) is 21.3 Å². The molecule has 8 nitrogen and oxygen atoms in total. The molecular formula is C17H22N2O6S. The van der Waals surface area contributed by atoms with E-state index in [1.54, 1.807) is 18.2 Å². The molecule has 1 N–H and O–H groups in total. The minimum Gasteiger partial charge on any atom is -0.486 e. The molecule has 26 heavy (non-hydrogen) atoms. The SMILES string of the molecule is CC(=O)N(CCC(=O)NC1CCS(=O)(=O)C1)c1ccc2c(c1)OCCO2. The molecule has 1 saturated heterocycles. The van der Waals surface area contributed by atoms with Crippen molar-refractivity contribution in [3.63, 3.8) is 0 Å². The van der Waals surface area contributed by atoms with Gasteiger partial charge in [0.05, 0.1) is 11.5 Å². The van der Waals surface area contributed by atoms with Gasteiger partial charge in [-0.1, -0.05) is 0 Å². The third kappa shape index (κ3) is 4.46. The number of sulfone groups is 1. The van der Waals surface area contributed by atoms with Crippen molar-refractivity contribution in [1.82, 2.24) is 5.32 Å². The Kier molecular flexibility index (Phi) is 5.36. The molecule has 0 spiro atoms. The van der Waals surface area contributed by atoms with Gasteiger partial charge in [-0.05, 0) is 18.6 Å². The minimum atomic E-state index is -3.04. The minimum absolute atomic E-state index is 0.0165. The third-order valence-corrected chi connectivity index (χ3v) is 6.15. The molecule has 3 rings (SSSR count). The highest BCUT2D eigenvalue weighted by atomic mass is 32.2. The number of fused-ring (bicyclic) bond motifs is 1. The predicted molar refractivity (Wildman–Crippen MR) is 95.3 cm³/mol. The molecule has 1 fully saturated rings. The third-order valence-electron chi connectivity index (χ3n) is 4.38. The van der Waals surface area contributed by atoms with Gasteiger partial charge in [0.25, 0.3) is 0 Å². The van der Waals surface area contributed by atoms with E-state index in [1.807, 2.05) is 0 Å². The van der Waals surface area contributed by atoms with Crippen LogP contribution in [0.4, 0.5) is 5.69 Å². The van der Waals surface area contributed by atoms with Crippen molar-refractivity contribution in [2.45, 2.75) is 25.8 Å². The monoisotopic (exact) mass is 382 g/mol. The van der Waals surface area contributed by atoms with E-state index >= 15 is 0 Å². The molecule has 2 heterocycles. The lowest BCUT2D eigenvalue weighted by molar-refractivity contribution is -0.121. The summed E-state index contributed by atoms with van der Waals surface area (Å²) >= 11 is 0. The van der Waals surface area contributed by atoms with E-state index in [1.165, 1.54) is 11.8 Å². The predicted octanol–water partition coefficient (Wildman–Crippen LogP) is 0.504. The molecule has 1 atom stereocenters. The molecular weight excluding hydrogens is 360 g/mol. The Balaban J connectivity index is 1.60. The fourth-order valence-electron chi connectivity index (χ4n) is 3.09. The smallest absolute Gasteiger partial charge is 0.223 e. The molecule has 1 unspecified atom stereocenters. The van der Waals surface area contributed by atoms with Crippen LogP contribution in [0, 0.1) is 0 Å². The highest BCUT2D eigenvalue weighted by molar-refractivity contribution is 7.91. The van der Waals surface area contributed by atoms with Crippen LogP contribution >= 0.6 is 0 Å². The summed E-state index contributed by atoms with van der Waals surface area (Å²) in [6.07, 6.45) is 0.525. The standard InChI is InChI=1S/C17H22N2O6S/c1-12(20)19(14-2-3-15-16(10-14)25-8-7-24-15)6-4-17(21)18-13-5-9-26(22,23)11-13/h2-3,10,13H,4-9,11H2,1H3,(H,18,21). The summed E-state index contributed by atoms with van der Waals surface area (Å²) in [7, 11) is -3.04. The van der Waals surface area contributed by atoms with Crippen LogP contribution < -0.4 is 19.7 Å². The first kappa shape index (κ1) is 18.5. The van der Waals surface area contributed by atoms with Gasteiger partial charge in [0.1, 0.15) is 13.2 Å². The summed E-state index contributed by atoms with van der Waals surface area (Å²) in [6, 6.07) is 4.87. The molecule has 2 amide bonds. The van der Waals surface area contributed by atoms with Crippen molar-refractivity contribution in [3.05, 3.63) is 18.2 Å². The Morgan fingerprint density at radius 1 is 1.23 bits per heavy atom. The number of amides is 2. The van der Waals surface area contributed by atoms with E-state index < -0.39 is 9.84 Å². The second-order valence-electron chi connectivity index (χ2n) is 6.42. The number of anilines is 1. The Hall–Kier alpha value is -2.29. The molecule has 0 aromatic heterocycles. The number of carbonyl (C=O) groups excluding carboxylic acids is 2. The van der Waals surface area contributed by atoms with Crippen LogP contribution in [0.5, 0.6) is 11.5 Å². The topological polar surface area (TPSA) is 102 Å². The molecule has 1 aromatic rings. The average Bonchev–Trinajstić information content (AvgIpc) is 2.93. The van der Waals surface area contributed by atoms with E-state index in [0.29, 0.717) is 36.8 Å². The average molecular weight is 382 g/mol. The first-order valence-electron chi connectivity index (χ1n) is 8.51. The van der Waals surface area contributed by atoms with Crippen LogP contribution in [0.3, 0.4) is 0 Å².